The van der Waals surface area contributed by atoms with Crippen molar-refractivity contribution in [2.75, 3.05) is 14.2 Å². The average Bonchev–Trinajstić information content (AvgIpc) is 3.23. The third kappa shape index (κ3) is 5.69. The molecular weight excluding hydrogens is 350 g/mol. The summed E-state index contributed by atoms with van der Waals surface area (Å²) in [6.07, 6.45) is 3.77. The van der Waals surface area contributed by atoms with Crippen molar-refractivity contribution < 1.29 is 4.74 Å². The first-order valence-electron chi connectivity index (χ1n) is 9.34. The van der Waals surface area contributed by atoms with Crippen molar-refractivity contribution in [1.29, 1.82) is 0 Å². The highest BCUT2D eigenvalue weighted by Gasteiger charge is 2.05. The summed E-state index contributed by atoms with van der Waals surface area (Å²) in [6.45, 7) is 2.77. The second-order valence-electron chi connectivity index (χ2n) is 6.50. The lowest BCUT2D eigenvalue weighted by atomic mass is 10.1. The van der Waals surface area contributed by atoms with Gasteiger partial charge in [0.05, 0.1) is 13.2 Å². The third-order valence-electron chi connectivity index (χ3n) is 4.44. The Labute approximate surface area is 166 Å². The highest BCUT2D eigenvalue weighted by Crippen LogP contribution is 2.10. The zero-order chi connectivity index (χ0) is 19.6. The molecule has 0 aliphatic rings. The Kier molecular flexibility index (Phi) is 7.21. The van der Waals surface area contributed by atoms with Crippen LogP contribution < -0.4 is 10.6 Å². The van der Waals surface area contributed by atoms with E-state index in [1.165, 1.54) is 16.7 Å². The number of nitrogens with one attached hydrogen (secondary N) is 2. The summed E-state index contributed by atoms with van der Waals surface area (Å²) < 4.78 is 7.13. The van der Waals surface area contributed by atoms with Gasteiger partial charge in [-0.05, 0) is 28.3 Å². The van der Waals surface area contributed by atoms with E-state index in [1.54, 1.807) is 20.4 Å². The second-order valence-corrected chi connectivity index (χ2v) is 6.50. The van der Waals surface area contributed by atoms with Crippen LogP contribution in [0.25, 0.3) is 0 Å². The lowest BCUT2D eigenvalue weighted by molar-refractivity contribution is 0.185. The number of guanidine groups is 1. The Bertz CT molecular complexity index is 889. The molecule has 2 N–H and O–H groups in total. The van der Waals surface area contributed by atoms with Crippen LogP contribution in [0.2, 0.25) is 0 Å². The Balaban J connectivity index is 1.57. The van der Waals surface area contributed by atoms with Gasteiger partial charge in [0.25, 0.3) is 0 Å². The molecule has 0 aliphatic heterocycles. The minimum atomic E-state index is 0.619. The maximum absolute atomic E-state index is 5.20. The van der Waals surface area contributed by atoms with E-state index in [-0.39, 0.29) is 0 Å². The number of methoxy groups -OCH3 is 1. The monoisotopic (exact) mass is 377 g/mol. The highest BCUT2D eigenvalue weighted by molar-refractivity contribution is 5.79. The molecule has 0 bridgehead atoms. The van der Waals surface area contributed by atoms with Gasteiger partial charge in [-0.25, -0.2) is 0 Å². The van der Waals surface area contributed by atoms with Gasteiger partial charge in [0, 0.05) is 39.6 Å². The number of ether oxygens (including phenoxy) is 1. The Hall–Kier alpha value is -3.12. The molecule has 1 aromatic heterocycles. The van der Waals surface area contributed by atoms with Crippen molar-refractivity contribution >= 4 is 5.96 Å². The molecular formula is C22H27N5O. The molecule has 0 unspecified atom stereocenters. The Morgan fingerprint density at radius 3 is 2.54 bits per heavy atom. The predicted octanol–water partition coefficient (Wildman–Crippen LogP) is 2.94. The first kappa shape index (κ1) is 19.6. The molecule has 0 fully saturated rings. The molecule has 0 atom stereocenters. The van der Waals surface area contributed by atoms with Crippen LogP contribution in [0, 0.1) is 0 Å². The van der Waals surface area contributed by atoms with E-state index < -0.39 is 0 Å². The van der Waals surface area contributed by atoms with Gasteiger partial charge >= 0.3 is 0 Å². The fourth-order valence-corrected chi connectivity index (χ4v) is 3.03. The summed E-state index contributed by atoms with van der Waals surface area (Å²) in [7, 11) is 3.49. The second kappa shape index (κ2) is 10.3. The molecule has 3 aromatic rings. The van der Waals surface area contributed by atoms with Crippen molar-refractivity contribution in [1.82, 2.24) is 20.4 Å². The number of benzene rings is 2. The van der Waals surface area contributed by atoms with Gasteiger partial charge in [-0.2, -0.15) is 5.10 Å². The Morgan fingerprint density at radius 2 is 1.79 bits per heavy atom. The maximum Gasteiger partial charge on any atom is 0.191 e. The first-order chi connectivity index (χ1) is 13.8. The predicted molar refractivity (Wildman–Crippen MR) is 112 cm³/mol. The lowest BCUT2D eigenvalue weighted by Gasteiger charge is -2.15. The van der Waals surface area contributed by atoms with Crippen LogP contribution in [-0.2, 0) is 31.0 Å². The van der Waals surface area contributed by atoms with Gasteiger partial charge in [-0.15, -0.1) is 0 Å². The van der Waals surface area contributed by atoms with Gasteiger partial charge in [-0.3, -0.25) is 9.67 Å². The normalized spacial score (nSPS) is 11.4. The Morgan fingerprint density at radius 1 is 1.00 bits per heavy atom. The van der Waals surface area contributed by atoms with Crippen molar-refractivity contribution in [2.45, 2.75) is 26.2 Å². The van der Waals surface area contributed by atoms with Crippen molar-refractivity contribution in [3.05, 3.63) is 89.2 Å². The zero-order valence-corrected chi connectivity index (χ0v) is 16.4. The SMILES string of the molecule is CN=C(NCc1cccc(COC)c1)NCc1ccccc1Cn1cccn1. The summed E-state index contributed by atoms with van der Waals surface area (Å²) >= 11 is 0. The third-order valence-corrected chi connectivity index (χ3v) is 4.44. The van der Waals surface area contributed by atoms with E-state index in [1.807, 2.05) is 23.0 Å². The number of hydrogen-bond donors (Lipinski definition) is 2. The molecule has 6 heteroatoms. The fourth-order valence-electron chi connectivity index (χ4n) is 3.03. The molecule has 0 saturated carbocycles. The fraction of sp³-hybridized carbons (Fsp3) is 0.273. The summed E-state index contributed by atoms with van der Waals surface area (Å²) in [6, 6.07) is 18.7. The summed E-state index contributed by atoms with van der Waals surface area (Å²) in [4.78, 5) is 4.33. The zero-order valence-electron chi connectivity index (χ0n) is 16.4. The van der Waals surface area contributed by atoms with E-state index in [9.17, 15) is 0 Å². The van der Waals surface area contributed by atoms with Crippen LogP contribution in [0.15, 0.2) is 72.0 Å². The number of nitrogens with zero attached hydrogens (tertiary/aromatic N) is 3. The van der Waals surface area contributed by atoms with E-state index in [0.717, 1.165) is 18.1 Å². The number of rotatable bonds is 8. The van der Waals surface area contributed by atoms with Crippen LogP contribution in [0.5, 0.6) is 0 Å². The van der Waals surface area contributed by atoms with Crippen molar-refractivity contribution in [2.24, 2.45) is 4.99 Å². The first-order valence-corrected chi connectivity index (χ1v) is 9.34. The molecule has 3 rings (SSSR count). The van der Waals surface area contributed by atoms with Crippen LogP contribution in [0.3, 0.4) is 0 Å². The molecule has 28 heavy (non-hydrogen) atoms. The molecule has 1 heterocycles. The molecule has 6 nitrogen and oxygen atoms in total. The van der Waals surface area contributed by atoms with E-state index >= 15 is 0 Å². The van der Waals surface area contributed by atoms with E-state index in [0.29, 0.717) is 19.7 Å². The topological polar surface area (TPSA) is 63.5 Å². The smallest absolute Gasteiger partial charge is 0.191 e. The standard InChI is InChI=1S/C22H27N5O/c1-23-22(24-14-18-7-5-8-19(13-18)17-28-2)25-15-20-9-3-4-10-21(20)16-27-12-6-11-26-27/h3-13H,14-17H2,1-2H3,(H2,23,24,25). The van der Waals surface area contributed by atoms with E-state index in [2.05, 4.69) is 63.2 Å². The molecule has 0 spiro atoms. The molecule has 0 radical (unpaired) electrons. The van der Waals surface area contributed by atoms with Gasteiger partial charge in [0.15, 0.2) is 5.96 Å². The largest absolute Gasteiger partial charge is 0.380 e. The van der Waals surface area contributed by atoms with Gasteiger partial charge in [0.1, 0.15) is 0 Å². The molecule has 0 amide bonds. The minimum Gasteiger partial charge on any atom is -0.380 e. The number of aliphatic imine (C=N–C) groups is 1. The van der Waals surface area contributed by atoms with E-state index in [4.69, 9.17) is 4.74 Å². The molecule has 0 aliphatic carbocycles. The lowest BCUT2D eigenvalue weighted by Crippen LogP contribution is -2.36. The summed E-state index contributed by atoms with van der Waals surface area (Å²) in [5, 5.41) is 11.1. The summed E-state index contributed by atoms with van der Waals surface area (Å²) in [5.74, 6) is 0.769. The van der Waals surface area contributed by atoms with Crippen molar-refractivity contribution in [3.63, 3.8) is 0 Å². The maximum atomic E-state index is 5.20. The quantitative estimate of drug-likeness (QED) is 0.468. The van der Waals surface area contributed by atoms with Crippen LogP contribution >= 0.6 is 0 Å². The van der Waals surface area contributed by atoms with Crippen LogP contribution in [0.1, 0.15) is 22.3 Å². The van der Waals surface area contributed by atoms with Crippen LogP contribution in [0.4, 0.5) is 0 Å². The van der Waals surface area contributed by atoms with Gasteiger partial charge in [-0.1, -0.05) is 48.5 Å². The van der Waals surface area contributed by atoms with Crippen molar-refractivity contribution in [3.8, 4) is 0 Å². The number of hydrogen-bond acceptors (Lipinski definition) is 3. The highest BCUT2D eigenvalue weighted by atomic mass is 16.5. The van der Waals surface area contributed by atoms with Gasteiger partial charge in [0.2, 0.25) is 0 Å². The minimum absolute atomic E-state index is 0.619. The molecule has 0 saturated heterocycles. The summed E-state index contributed by atoms with van der Waals surface area (Å²) in [5.41, 5.74) is 4.82. The van der Waals surface area contributed by atoms with Gasteiger partial charge < -0.3 is 15.4 Å². The molecule has 2 aromatic carbocycles. The average molecular weight is 377 g/mol. The van der Waals surface area contributed by atoms with Crippen LogP contribution in [-0.4, -0.2) is 29.9 Å². The number of aromatic nitrogens is 2. The molecule has 146 valence electrons.